The number of likely N-dealkylation sites (tertiary alicyclic amines) is 1. The molecular weight excluding hydrogens is 447 g/mol. The summed E-state index contributed by atoms with van der Waals surface area (Å²) < 4.78 is 43.7. The summed E-state index contributed by atoms with van der Waals surface area (Å²) in [5, 5.41) is 2.20. The second kappa shape index (κ2) is 8.87. The number of benzene rings is 2. The lowest BCUT2D eigenvalue weighted by Crippen LogP contribution is -2.52. The van der Waals surface area contributed by atoms with Gasteiger partial charge >= 0.3 is 0 Å². The molecule has 2 fully saturated rings. The van der Waals surface area contributed by atoms with Crippen molar-refractivity contribution in [1.82, 2.24) is 15.1 Å². The van der Waals surface area contributed by atoms with Gasteiger partial charge in [0.05, 0.1) is 12.1 Å². The zero-order chi connectivity index (χ0) is 24.0. The van der Waals surface area contributed by atoms with E-state index in [2.05, 4.69) is 10.2 Å². The van der Waals surface area contributed by atoms with E-state index in [-0.39, 0.29) is 47.8 Å². The molecule has 0 saturated carbocycles. The second-order valence-corrected chi connectivity index (χ2v) is 9.19. The summed E-state index contributed by atoms with van der Waals surface area (Å²) in [5.41, 5.74) is 1.02. The average molecular weight is 471 g/mol. The number of imide groups is 1. The molecule has 6 nitrogen and oxygen atoms in total. The molecule has 1 N–H and O–H groups in total. The van der Waals surface area contributed by atoms with Gasteiger partial charge in [-0.3, -0.25) is 24.6 Å². The molecule has 2 aromatic carbocycles. The number of nitrogens with one attached hydrogen (secondary N) is 1. The van der Waals surface area contributed by atoms with Gasteiger partial charge in [0.2, 0.25) is 11.8 Å². The topological polar surface area (TPSA) is 69.7 Å². The Kier molecular flexibility index (Phi) is 5.89. The van der Waals surface area contributed by atoms with Gasteiger partial charge in [-0.1, -0.05) is 12.1 Å². The van der Waals surface area contributed by atoms with E-state index in [0.717, 1.165) is 11.6 Å². The summed E-state index contributed by atoms with van der Waals surface area (Å²) in [6, 6.07) is 6.50. The van der Waals surface area contributed by atoms with Gasteiger partial charge in [-0.2, -0.15) is 0 Å². The van der Waals surface area contributed by atoms with Crippen molar-refractivity contribution >= 4 is 17.7 Å². The highest BCUT2D eigenvalue weighted by Gasteiger charge is 2.42. The first kappa shape index (κ1) is 22.6. The van der Waals surface area contributed by atoms with E-state index in [1.807, 2.05) is 0 Å². The van der Waals surface area contributed by atoms with Gasteiger partial charge in [0, 0.05) is 24.1 Å². The molecule has 0 radical (unpaired) electrons. The first-order valence-corrected chi connectivity index (χ1v) is 11.4. The Morgan fingerprint density at radius 1 is 0.971 bits per heavy atom. The van der Waals surface area contributed by atoms with Crippen LogP contribution < -0.4 is 5.32 Å². The lowest BCUT2D eigenvalue weighted by Gasteiger charge is -2.32. The van der Waals surface area contributed by atoms with Crippen LogP contribution in [-0.4, -0.2) is 46.7 Å². The van der Waals surface area contributed by atoms with E-state index >= 15 is 8.78 Å². The summed E-state index contributed by atoms with van der Waals surface area (Å²) in [6.07, 6.45) is 1.36. The molecule has 34 heavy (non-hydrogen) atoms. The number of hydrogen-bond acceptors (Lipinski definition) is 4. The van der Waals surface area contributed by atoms with Crippen LogP contribution in [-0.2, 0) is 22.7 Å². The van der Waals surface area contributed by atoms with Crippen molar-refractivity contribution in [3.8, 4) is 0 Å². The molecule has 178 valence electrons. The molecule has 2 saturated heterocycles. The fraction of sp³-hybridized carbons (Fsp3) is 0.400. The third-order valence-electron chi connectivity index (χ3n) is 7.08. The van der Waals surface area contributed by atoms with Gasteiger partial charge in [-0.05, 0) is 62.0 Å². The highest BCUT2D eigenvalue weighted by atomic mass is 19.1. The number of carbonyl (C=O) groups is 3. The van der Waals surface area contributed by atoms with Crippen molar-refractivity contribution in [1.29, 1.82) is 0 Å². The van der Waals surface area contributed by atoms with Crippen molar-refractivity contribution in [2.45, 2.75) is 50.7 Å². The minimum absolute atomic E-state index is 0.00175. The Morgan fingerprint density at radius 3 is 2.35 bits per heavy atom. The molecule has 3 amide bonds. The number of piperidine rings is 2. The largest absolute Gasteiger partial charge is 0.322 e. The maximum absolute atomic E-state index is 15.6. The lowest BCUT2D eigenvalue weighted by atomic mass is 9.86. The van der Waals surface area contributed by atoms with Gasteiger partial charge < -0.3 is 4.90 Å². The highest BCUT2D eigenvalue weighted by molar-refractivity contribution is 6.05. The zero-order valence-electron chi connectivity index (χ0n) is 18.5. The number of nitrogens with zero attached hydrogens (tertiary/aromatic N) is 2. The van der Waals surface area contributed by atoms with E-state index in [1.165, 1.54) is 17.0 Å². The number of amides is 3. The van der Waals surface area contributed by atoms with Crippen LogP contribution in [0.4, 0.5) is 13.2 Å². The van der Waals surface area contributed by atoms with E-state index in [4.69, 9.17) is 0 Å². The Balaban J connectivity index is 1.31. The van der Waals surface area contributed by atoms with Gasteiger partial charge in [-0.15, -0.1) is 0 Å². The van der Waals surface area contributed by atoms with Crippen molar-refractivity contribution < 1.29 is 27.6 Å². The molecule has 0 aliphatic carbocycles. The lowest BCUT2D eigenvalue weighted by molar-refractivity contribution is -0.136. The molecule has 2 aromatic rings. The molecular formula is C25H24F3N3O3. The van der Waals surface area contributed by atoms with E-state index in [0.29, 0.717) is 32.5 Å². The van der Waals surface area contributed by atoms with E-state index in [1.54, 1.807) is 12.1 Å². The normalized spacial score (nSPS) is 21.7. The van der Waals surface area contributed by atoms with E-state index < -0.39 is 35.4 Å². The molecule has 3 heterocycles. The molecule has 9 heteroatoms. The van der Waals surface area contributed by atoms with E-state index in [9.17, 15) is 18.8 Å². The zero-order valence-corrected chi connectivity index (χ0v) is 18.5. The van der Waals surface area contributed by atoms with Crippen molar-refractivity contribution in [2.75, 3.05) is 13.1 Å². The highest BCUT2D eigenvalue weighted by Crippen LogP contribution is 2.38. The number of fused-ring (bicyclic) bond motifs is 1. The monoisotopic (exact) mass is 471 g/mol. The van der Waals surface area contributed by atoms with Crippen LogP contribution in [0.3, 0.4) is 0 Å². The molecule has 1 unspecified atom stereocenters. The second-order valence-electron chi connectivity index (χ2n) is 9.19. The molecule has 3 aliphatic rings. The first-order valence-electron chi connectivity index (χ1n) is 11.4. The standard InChI is InChI=1S/C25H24F3N3O3/c26-16-3-1-14(2-4-16)12-30-9-7-15(8-10-30)22-19(27)11-17-18(23(22)28)13-31(25(17)34)20-5-6-21(32)29-24(20)33/h1-4,11,15,20H,5-10,12-13H2,(H,29,32,33). The molecule has 1 atom stereocenters. The Labute approximate surface area is 194 Å². The smallest absolute Gasteiger partial charge is 0.255 e. The van der Waals surface area contributed by atoms with Crippen LogP contribution in [0, 0.1) is 17.5 Å². The number of carbonyl (C=O) groups excluding carboxylic acids is 3. The molecule has 0 spiro atoms. The van der Waals surface area contributed by atoms with Gasteiger partial charge in [0.15, 0.2) is 0 Å². The van der Waals surface area contributed by atoms with Crippen LogP contribution >= 0.6 is 0 Å². The van der Waals surface area contributed by atoms with Gasteiger partial charge in [0.1, 0.15) is 23.5 Å². The third-order valence-corrected chi connectivity index (χ3v) is 7.08. The third kappa shape index (κ3) is 4.09. The predicted molar refractivity (Wildman–Crippen MR) is 116 cm³/mol. The Bertz CT molecular complexity index is 1160. The molecule has 3 aliphatic heterocycles. The molecule has 5 rings (SSSR count). The number of halogens is 3. The van der Waals surface area contributed by atoms with Crippen molar-refractivity contribution in [3.05, 3.63) is 70.0 Å². The maximum Gasteiger partial charge on any atom is 0.255 e. The SMILES string of the molecule is O=C1CCC(N2Cc3c(cc(F)c(C4CCN(Cc5ccc(F)cc5)CC4)c3F)C2=O)C(=O)N1. The summed E-state index contributed by atoms with van der Waals surface area (Å²) >= 11 is 0. The van der Waals surface area contributed by atoms with Crippen molar-refractivity contribution in [2.24, 2.45) is 0 Å². The molecule has 0 bridgehead atoms. The average Bonchev–Trinajstić information content (AvgIpc) is 3.13. The first-order chi connectivity index (χ1) is 16.3. The Hall–Kier alpha value is -3.20. The van der Waals surface area contributed by atoms with Crippen LogP contribution in [0.5, 0.6) is 0 Å². The van der Waals surface area contributed by atoms with Crippen LogP contribution in [0.25, 0.3) is 0 Å². The van der Waals surface area contributed by atoms with Crippen LogP contribution in [0.15, 0.2) is 30.3 Å². The summed E-state index contributed by atoms with van der Waals surface area (Å²) in [6.45, 7) is 1.79. The fourth-order valence-electron chi connectivity index (χ4n) is 5.25. The number of rotatable bonds is 4. The quantitative estimate of drug-likeness (QED) is 0.696. The maximum atomic E-state index is 15.6. The fourth-order valence-corrected chi connectivity index (χ4v) is 5.25. The summed E-state index contributed by atoms with van der Waals surface area (Å²) in [5.74, 6) is -3.67. The minimum Gasteiger partial charge on any atom is -0.322 e. The summed E-state index contributed by atoms with van der Waals surface area (Å²) in [4.78, 5) is 39.9. The van der Waals surface area contributed by atoms with Crippen LogP contribution in [0.1, 0.15) is 58.6 Å². The summed E-state index contributed by atoms with van der Waals surface area (Å²) in [7, 11) is 0. The van der Waals surface area contributed by atoms with Gasteiger partial charge in [-0.25, -0.2) is 13.2 Å². The molecule has 0 aromatic heterocycles. The minimum atomic E-state index is -0.877. The van der Waals surface area contributed by atoms with Crippen LogP contribution in [0.2, 0.25) is 0 Å². The number of hydrogen-bond donors (Lipinski definition) is 1. The van der Waals surface area contributed by atoms with Gasteiger partial charge in [0.25, 0.3) is 5.91 Å². The predicted octanol–water partition coefficient (Wildman–Crippen LogP) is 3.24. The Morgan fingerprint density at radius 2 is 1.68 bits per heavy atom. The van der Waals surface area contributed by atoms with Crippen molar-refractivity contribution in [3.63, 3.8) is 0 Å².